The van der Waals surface area contributed by atoms with E-state index in [4.69, 9.17) is 9.15 Å². The molecule has 1 fully saturated rings. The van der Waals surface area contributed by atoms with Gasteiger partial charge in [-0.3, -0.25) is 9.36 Å². The predicted octanol–water partition coefficient (Wildman–Crippen LogP) is 4.54. The van der Waals surface area contributed by atoms with Crippen molar-refractivity contribution in [3.05, 3.63) is 78.6 Å². The van der Waals surface area contributed by atoms with Gasteiger partial charge in [0.05, 0.1) is 31.3 Å². The quantitative estimate of drug-likeness (QED) is 0.364. The average Bonchev–Trinajstić information content (AvgIpc) is 3.56. The van der Waals surface area contributed by atoms with Crippen LogP contribution in [0, 0.1) is 0 Å². The molecule has 1 atom stereocenters. The van der Waals surface area contributed by atoms with E-state index in [1.165, 1.54) is 11.8 Å². The fourth-order valence-corrected chi connectivity index (χ4v) is 4.75. The topological polar surface area (TPSA) is 85.4 Å². The number of morpholine rings is 1. The molecule has 8 nitrogen and oxygen atoms in total. The molecular weight excluding hydrogens is 462 g/mol. The first-order valence-electron chi connectivity index (χ1n) is 11.6. The van der Waals surface area contributed by atoms with E-state index >= 15 is 0 Å². The third kappa shape index (κ3) is 5.58. The number of hydrogen-bond donors (Lipinski definition) is 1. The van der Waals surface area contributed by atoms with E-state index in [-0.39, 0.29) is 11.2 Å². The number of anilines is 2. The summed E-state index contributed by atoms with van der Waals surface area (Å²) in [5.74, 6) is 1.17. The summed E-state index contributed by atoms with van der Waals surface area (Å²) < 4.78 is 13.0. The van der Waals surface area contributed by atoms with Crippen molar-refractivity contribution < 1.29 is 13.9 Å². The van der Waals surface area contributed by atoms with E-state index in [1.54, 1.807) is 6.26 Å². The number of rotatable bonds is 8. The molecule has 1 aliphatic heterocycles. The maximum absolute atomic E-state index is 13.0. The Labute approximate surface area is 208 Å². The number of amides is 1. The van der Waals surface area contributed by atoms with Gasteiger partial charge in [0, 0.05) is 24.5 Å². The molecule has 1 aliphatic rings. The van der Waals surface area contributed by atoms with Crippen LogP contribution in [0.3, 0.4) is 0 Å². The Kier molecular flexibility index (Phi) is 7.15. The summed E-state index contributed by atoms with van der Waals surface area (Å²) in [4.78, 5) is 15.3. The molecule has 2 aromatic heterocycles. The van der Waals surface area contributed by atoms with Crippen LogP contribution < -0.4 is 10.2 Å². The highest BCUT2D eigenvalue weighted by Crippen LogP contribution is 2.29. The zero-order valence-corrected chi connectivity index (χ0v) is 20.3. The summed E-state index contributed by atoms with van der Waals surface area (Å²) >= 11 is 1.37. The maximum atomic E-state index is 13.0. The number of ether oxygens (including phenoxy) is 1. The first-order valence-corrected chi connectivity index (χ1v) is 12.5. The van der Waals surface area contributed by atoms with E-state index in [9.17, 15) is 4.79 Å². The number of nitrogens with one attached hydrogen (secondary N) is 1. The molecule has 5 rings (SSSR count). The molecule has 0 saturated carbocycles. The second-order valence-electron chi connectivity index (χ2n) is 8.25. The largest absolute Gasteiger partial charge is 0.461 e. The van der Waals surface area contributed by atoms with Gasteiger partial charge in [-0.05, 0) is 48.9 Å². The van der Waals surface area contributed by atoms with Crippen LogP contribution in [-0.4, -0.2) is 52.2 Å². The molecule has 0 aliphatic carbocycles. The molecule has 2 aromatic carbocycles. The highest BCUT2D eigenvalue weighted by atomic mass is 32.2. The van der Waals surface area contributed by atoms with Crippen LogP contribution in [0.5, 0.6) is 0 Å². The minimum Gasteiger partial charge on any atom is -0.461 e. The van der Waals surface area contributed by atoms with Crippen molar-refractivity contribution in [2.45, 2.75) is 23.9 Å². The van der Waals surface area contributed by atoms with Crippen LogP contribution in [0.15, 0.2) is 82.6 Å². The van der Waals surface area contributed by atoms with Gasteiger partial charge in [-0.15, -0.1) is 10.2 Å². The van der Waals surface area contributed by atoms with Crippen LogP contribution in [0.25, 0.3) is 11.6 Å². The Bertz CT molecular complexity index is 1240. The lowest BCUT2D eigenvalue weighted by Gasteiger charge is -2.28. The average molecular weight is 490 g/mol. The van der Waals surface area contributed by atoms with Gasteiger partial charge in [0.25, 0.3) is 0 Å². The third-order valence-corrected chi connectivity index (χ3v) is 6.88. The number of thioether (sulfide) groups is 1. The summed E-state index contributed by atoms with van der Waals surface area (Å²) in [5, 5.41) is 12.0. The van der Waals surface area contributed by atoms with E-state index < -0.39 is 0 Å². The molecular formula is C26H27N5O3S. The standard InChI is InChI=1S/C26H27N5O3S/c1-19(25(32)27-21-9-11-22(12-10-21)30-13-16-33-17-14-30)35-26-29-28-24(23-8-5-15-34-23)31(26)18-20-6-3-2-4-7-20/h2-12,15,19H,13-14,16-18H2,1H3,(H,27,32). The number of hydrogen-bond acceptors (Lipinski definition) is 7. The Morgan fingerprint density at radius 1 is 1.03 bits per heavy atom. The van der Waals surface area contributed by atoms with Gasteiger partial charge in [0.2, 0.25) is 11.7 Å². The zero-order chi connectivity index (χ0) is 24.0. The van der Waals surface area contributed by atoms with Gasteiger partial charge < -0.3 is 19.4 Å². The molecule has 1 N–H and O–H groups in total. The van der Waals surface area contributed by atoms with Crippen molar-refractivity contribution in [3.8, 4) is 11.6 Å². The number of furan rings is 1. The summed E-state index contributed by atoms with van der Waals surface area (Å²) in [7, 11) is 0. The minimum absolute atomic E-state index is 0.0945. The number of nitrogens with zero attached hydrogens (tertiary/aromatic N) is 4. The van der Waals surface area contributed by atoms with E-state index in [0.717, 1.165) is 43.2 Å². The summed E-state index contributed by atoms with van der Waals surface area (Å²) in [6, 6.07) is 21.7. The van der Waals surface area contributed by atoms with Crippen LogP contribution in [0.1, 0.15) is 12.5 Å². The lowest BCUT2D eigenvalue weighted by Crippen LogP contribution is -2.36. The lowest BCUT2D eigenvalue weighted by molar-refractivity contribution is -0.115. The van der Waals surface area contributed by atoms with Gasteiger partial charge in [0.1, 0.15) is 0 Å². The molecule has 180 valence electrons. The molecule has 1 unspecified atom stereocenters. The predicted molar refractivity (Wildman–Crippen MR) is 137 cm³/mol. The second-order valence-corrected chi connectivity index (χ2v) is 9.56. The SMILES string of the molecule is CC(Sc1nnc(-c2ccco2)n1Cc1ccccc1)C(=O)Nc1ccc(N2CCOCC2)cc1. The van der Waals surface area contributed by atoms with Crippen LogP contribution in [-0.2, 0) is 16.1 Å². The van der Waals surface area contributed by atoms with E-state index in [1.807, 2.05) is 66.1 Å². The fraction of sp³-hybridized carbons (Fsp3) is 0.269. The van der Waals surface area contributed by atoms with E-state index in [0.29, 0.717) is 23.3 Å². The molecule has 1 saturated heterocycles. The highest BCUT2D eigenvalue weighted by Gasteiger charge is 2.22. The smallest absolute Gasteiger partial charge is 0.237 e. The van der Waals surface area contributed by atoms with Crippen LogP contribution in [0.4, 0.5) is 11.4 Å². The number of carbonyl (C=O) groups excluding carboxylic acids is 1. The van der Waals surface area contributed by atoms with Gasteiger partial charge in [0.15, 0.2) is 10.9 Å². The molecule has 4 aromatic rings. The fourth-order valence-electron chi connectivity index (χ4n) is 3.91. The maximum Gasteiger partial charge on any atom is 0.237 e. The van der Waals surface area contributed by atoms with Crippen LogP contribution in [0.2, 0.25) is 0 Å². The molecule has 3 heterocycles. The van der Waals surface area contributed by atoms with Gasteiger partial charge in [-0.1, -0.05) is 42.1 Å². The normalized spacial score (nSPS) is 14.6. The third-order valence-electron chi connectivity index (χ3n) is 5.80. The van der Waals surface area contributed by atoms with Crippen molar-refractivity contribution in [2.75, 3.05) is 36.5 Å². The Hall–Kier alpha value is -3.56. The number of carbonyl (C=O) groups is 1. The minimum atomic E-state index is -0.378. The van der Waals surface area contributed by atoms with Gasteiger partial charge >= 0.3 is 0 Å². The molecule has 0 radical (unpaired) electrons. The summed E-state index contributed by atoms with van der Waals surface area (Å²) in [5.41, 5.74) is 3.01. The van der Waals surface area contributed by atoms with Crippen molar-refractivity contribution in [1.29, 1.82) is 0 Å². The van der Waals surface area contributed by atoms with Gasteiger partial charge in [-0.2, -0.15) is 0 Å². The zero-order valence-electron chi connectivity index (χ0n) is 19.5. The number of aromatic nitrogens is 3. The Morgan fingerprint density at radius 2 is 1.80 bits per heavy atom. The monoisotopic (exact) mass is 489 g/mol. The van der Waals surface area contributed by atoms with Crippen molar-refractivity contribution >= 4 is 29.0 Å². The summed E-state index contributed by atoms with van der Waals surface area (Å²) in [6.45, 7) is 5.68. The van der Waals surface area contributed by atoms with Crippen LogP contribution >= 0.6 is 11.8 Å². The Balaban J connectivity index is 1.28. The van der Waals surface area contributed by atoms with Crippen molar-refractivity contribution in [3.63, 3.8) is 0 Å². The van der Waals surface area contributed by atoms with Crippen molar-refractivity contribution in [1.82, 2.24) is 14.8 Å². The number of benzene rings is 2. The van der Waals surface area contributed by atoms with E-state index in [2.05, 4.69) is 32.5 Å². The van der Waals surface area contributed by atoms with Gasteiger partial charge in [-0.25, -0.2) is 0 Å². The second kappa shape index (κ2) is 10.8. The molecule has 0 bridgehead atoms. The first-order chi connectivity index (χ1) is 17.2. The Morgan fingerprint density at radius 3 is 2.51 bits per heavy atom. The summed E-state index contributed by atoms with van der Waals surface area (Å²) in [6.07, 6.45) is 1.62. The molecule has 1 amide bonds. The molecule has 9 heteroatoms. The van der Waals surface area contributed by atoms with Crippen molar-refractivity contribution in [2.24, 2.45) is 0 Å². The highest BCUT2D eigenvalue weighted by molar-refractivity contribution is 8.00. The lowest BCUT2D eigenvalue weighted by atomic mass is 10.2. The molecule has 0 spiro atoms. The first kappa shape index (κ1) is 23.2. The molecule has 35 heavy (non-hydrogen) atoms.